The number of alkyl halides is 1. The lowest BCUT2D eigenvalue weighted by Crippen LogP contribution is -2.26. The summed E-state index contributed by atoms with van der Waals surface area (Å²) < 4.78 is 11.7. The quantitative estimate of drug-likeness (QED) is 0.711. The third-order valence-corrected chi connectivity index (χ3v) is 1.40. The highest BCUT2D eigenvalue weighted by atomic mass is 19.1. The second-order valence-corrected chi connectivity index (χ2v) is 2.42. The van der Waals surface area contributed by atoms with E-state index in [1.54, 1.807) is 6.07 Å². The molecule has 0 bridgehead atoms. The van der Waals surface area contributed by atoms with Crippen LogP contribution in [0, 0.1) is 0 Å². The van der Waals surface area contributed by atoms with Crippen LogP contribution in [-0.4, -0.2) is 24.1 Å². The van der Waals surface area contributed by atoms with E-state index in [1.807, 2.05) is 0 Å². The van der Waals surface area contributed by atoms with Gasteiger partial charge in [-0.05, 0) is 12.1 Å². The lowest BCUT2D eigenvalue weighted by atomic mass is 10.3. The maximum atomic E-state index is 11.7. The van der Waals surface area contributed by atoms with Gasteiger partial charge in [0.05, 0.1) is 0 Å². The average Bonchev–Trinajstić information content (AvgIpc) is 2.14. The first kappa shape index (κ1) is 9.44. The van der Waals surface area contributed by atoms with E-state index in [0.29, 0.717) is 5.69 Å². The van der Waals surface area contributed by atoms with Gasteiger partial charge in [-0.25, -0.2) is 4.39 Å². The molecule has 70 valence electrons. The van der Waals surface area contributed by atoms with E-state index in [9.17, 15) is 9.18 Å². The first-order valence-corrected chi connectivity index (χ1v) is 3.79. The summed E-state index contributed by atoms with van der Waals surface area (Å²) in [5, 5.41) is 2.34. The maximum Gasteiger partial charge on any atom is 0.270 e. The van der Waals surface area contributed by atoms with Crippen molar-refractivity contribution < 1.29 is 9.18 Å². The summed E-state index contributed by atoms with van der Waals surface area (Å²) in [7, 11) is 0. The molecule has 0 aromatic carbocycles. The number of nitrogens with zero attached hydrogens (tertiary/aromatic N) is 1. The Bertz CT molecular complexity index is 303. The fourth-order valence-corrected chi connectivity index (χ4v) is 0.822. The zero-order valence-electron chi connectivity index (χ0n) is 6.96. The highest BCUT2D eigenvalue weighted by Crippen LogP contribution is 2.01. The summed E-state index contributed by atoms with van der Waals surface area (Å²) in [4.78, 5) is 14.9. The van der Waals surface area contributed by atoms with Crippen LogP contribution in [0.2, 0.25) is 0 Å². The Morgan fingerprint density at radius 3 is 3.08 bits per heavy atom. The van der Waals surface area contributed by atoms with Crippen molar-refractivity contribution in [1.82, 2.24) is 10.3 Å². The van der Waals surface area contributed by atoms with Crippen LogP contribution in [0.15, 0.2) is 18.3 Å². The number of carbonyl (C=O) groups is 1. The normalized spacial score (nSPS) is 9.62. The molecule has 4 nitrogen and oxygen atoms in total. The van der Waals surface area contributed by atoms with E-state index < -0.39 is 12.6 Å². The molecule has 0 radical (unpaired) electrons. The van der Waals surface area contributed by atoms with Crippen molar-refractivity contribution in [1.29, 1.82) is 0 Å². The standard InChI is InChI=1S/C8H10FN3O/c9-2-4-12-8(13)7-5-6(10)1-3-11-7/h1,3,5H,2,4H2,(H2,10,11)(H,12,13). The van der Waals surface area contributed by atoms with Gasteiger partial charge in [-0.3, -0.25) is 9.78 Å². The highest BCUT2D eigenvalue weighted by Gasteiger charge is 2.05. The predicted octanol–water partition coefficient (Wildman–Crippen LogP) is 0.363. The second kappa shape index (κ2) is 4.39. The lowest BCUT2D eigenvalue weighted by molar-refractivity contribution is 0.0946. The van der Waals surface area contributed by atoms with Crippen molar-refractivity contribution in [2.24, 2.45) is 0 Å². The first-order chi connectivity index (χ1) is 6.24. The summed E-state index contributed by atoms with van der Waals surface area (Å²) >= 11 is 0. The first-order valence-electron chi connectivity index (χ1n) is 3.79. The number of carbonyl (C=O) groups excluding carboxylic acids is 1. The van der Waals surface area contributed by atoms with Gasteiger partial charge >= 0.3 is 0 Å². The summed E-state index contributed by atoms with van der Waals surface area (Å²) in [6.07, 6.45) is 1.43. The van der Waals surface area contributed by atoms with Crippen molar-refractivity contribution in [3.8, 4) is 0 Å². The van der Waals surface area contributed by atoms with Crippen LogP contribution in [0.5, 0.6) is 0 Å². The van der Waals surface area contributed by atoms with Crippen LogP contribution in [0.25, 0.3) is 0 Å². The molecule has 13 heavy (non-hydrogen) atoms. The molecule has 0 aliphatic heterocycles. The van der Waals surface area contributed by atoms with Gasteiger partial charge < -0.3 is 11.1 Å². The topological polar surface area (TPSA) is 68.0 Å². The van der Waals surface area contributed by atoms with Gasteiger partial charge in [0.15, 0.2) is 0 Å². The van der Waals surface area contributed by atoms with Crippen molar-refractivity contribution in [2.45, 2.75) is 0 Å². The highest BCUT2D eigenvalue weighted by molar-refractivity contribution is 5.92. The van der Waals surface area contributed by atoms with Crippen LogP contribution >= 0.6 is 0 Å². The predicted molar refractivity (Wildman–Crippen MR) is 47.0 cm³/mol. The van der Waals surface area contributed by atoms with E-state index in [0.717, 1.165) is 0 Å². The van der Waals surface area contributed by atoms with Gasteiger partial charge in [0.2, 0.25) is 0 Å². The van der Waals surface area contributed by atoms with E-state index in [4.69, 9.17) is 5.73 Å². The van der Waals surface area contributed by atoms with Gasteiger partial charge in [0, 0.05) is 18.4 Å². The van der Waals surface area contributed by atoms with E-state index in [1.165, 1.54) is 12.3 Å². The number of aromatic nitrogens is 1. The SMILES string of the molecule is Nc1ccnc(C(=O)NCCF)c1. The molecule has 0 spiro atoms. The molecule has 0 saturated heterocycles. The number of nitrogens with one attached hydrogen (secondary N) is 1. The molecular weight excluding hydrogens is 173 g/mol. The fraction of sp³-hybridized carbons (Fsp3) is 0.250. The zero-order valence-corrected chi connectivity index (χ0v) is 6.96. The second-order valence-electron chi connectivity index (χ2n) is 2.42. The van der Waals surface area contributed by atoms with Crippen LogP contribution in [-0.2, 0) is 0 Å². The molecule has 1 rings (SSSR count). The molecular formula is C8H10FN3O. The Balaban J connectivity index is 2.66. The summed E-state index contributed by atoms with van der Waals surface area (Å²) in [5.74, 6) is -0.412. The monoisotopic (exact) mass is 183 g/mol. The smallest absolute Gasteiger partial charge is 0.270 e. The minimum Gasteiger partial charge on any atom is -0.399 e. The molecule has 0 saturated carbocycles. The number of nitrogen functional groups attached to an aromatic ring is 1. The zero-order chi connectivity index (χ0) is 9.68. The van der Waals surface area contributed by atoms with Gasteiger partial charge in [0.25, 0.3) is 5.91 Å². The summed E-state index contributed by atoms with van der Waals surface area (Å²) in [6, 6.07) is 3.01. The molecule has 0 atom stereocenters. The maximum absolute atomic E-state index is 11.7. The van der Waals surface area contributed by atoms with Gasteiger partial charge in [0.1, 0.15) is 12.4 Å². The largest absolute Gasteiger partial charge is 0.399 e. The molecule has 0 aliphatic carbocycles. The van der Waals surface area contributed by atoms with Crippen molar-refractivity contribution in [2.75, 3.05) is 19.0 Å². The third-order valence-electron chi connectivity index (χ3n) is 1.40. The molecule has 0 aliphatic rings. The van der Waals surface area contributed by atoms with Gasteiger partial charge in [-0.1, -0.05) is 0 Å². The molecule has 1 aromatic heterocycles. The fourth-order valence-electron chi connectivity index (χ4n) is 0.822. The molecule has 1 amide bonds. The molecule has 3 N–H and O–H groups in total. The van der Waals surface area contributed by atoms with E-state index in [-0.39, 0.29) is 12.2 Å². The van der Waals surface area contributed by atoms with Gasteiger partial charge in [-0.15, -0.1) is 0 Å². The minimum absolute atomic E-state index is 0.00465. The molecule has 0 fully saturated rings. The number of amides is 1. The summed E-state index contributed by atoms with van der Waals surface area (Å²) in [5.41, 5.74) is 6.09. The number of pyridine rings is 1. The number of halogens is 1. The Hall–Kier alpha value is -1.65. The number of anilines is 1. The minimum atomic E-state index is -0.589. The van der Waals surface area contributed by atoms with Crippen LogP contribution < -0.4 is 11.1 Å². The van der Waals surface area contributed by atoms with Gasteiger partial charge in [-0.2, -0.15) is 0 Å². The van der Waals surface area contributed by atoms with E-state index >= 15 is 0 Å². The molecule has 1 aromatic rings. The average molecular weight is 183 g/mol. The molecule has 0 unspecified atom stereocenters. The Kier molecular flexibility index (Phi) is 3.19. The number of hydrogen-bond donors (Lipinski definition) is 2. The van der Waals surface area contributed by atoms with Crippen molar-refractivity contribution in [3.05, 3.63) is 24.0 Å². The summed E-state index contributed by atoms with van der Waals surface area (Å²) in [6.45, 7) is -0.594. The van der Waals surface area contributed by atoms with E-state index in [2.05, 4.69) is 10.3 Å². The van der Waals surface area contributed by atoms with Crippen molar-refractivity contribution >= 4 is 11.6 Å². The van der Waals surface area contributed by atoms with Crippen LogP contribution in [0.4, 0.5) is 10.1 Å². The molecule has 5 heteroatoms. The lowest BCUT2D eigenvalue weighted by Gasteiger charge is -2.01. The Labute approximate surface area is 75.0 Å². The van der Waals surface area contributed by atoms with Crippen LogP contribution in [0.1, 0.15) is 10.5 Å². The number of rotatable bonds is 3. The van der Waals surface area contributed by atoms with Crippen molar-refractivity contribution in [3.63, 3.8) is 0 Å². The number of hydrogen-bond acceptors (Lipinski definition) is 3. The number of nitrogens with two attached hydrogens (primary N) is 1. The van der Waals surface area contributed by atoms with Crippen LogP contribution in [0.3, 0.4) is 0 Å². The Morgan fingerprint density at radius 1 is 1.69 bits per heavy atom. The third kappa shape index (κ3) is 2.70. The Morgan fingerprint density at radius 2 is 2.46 bits per heavy atom. The molecule has 1 heterocycles.